The van der Waals surface area contributed by atoms with Gasteiger partial charge in [-0.2, -0.15) is 0 Å². The third-order valence-electron chi connectivity index (χ3n) is 2.48. The van der Waals surface area contributed by atoms with Gasteiger partial charge >= 0.3 is 0 Å². The minimum atomic E-state index is -0.332. The van der Waals surface area contributed by atoms with Crippen molar-refractivity contribution in [1.82, 2.24) is 4.90 Å². The van der Waals surface area contributed by atoms with E-state index in [0.717, 1.165) is 19.4 Å². The van der Waals surface area contributed by atoms with E-state index < -0.39 is 0 Å². The molecule has 0 aromatic rings. The first-order valence-electron chi connectivity index (χ1n) is 5.05. The van der Waals surface area contributed by atoms with Crippen molar-refractivity contribution >= 4 is 5.91 Å². The molecule has 0 aliphatic rings. The fourth-order valence-electron chi connectivity index (χ4n) is 1.20. The standard InChI is InChI=1S/C10H22N2O/c1-5-7-12(4)10(13)9(11)8(3)6-2/h8-9H,5-7,11H2,1-4H3/t8-,9-/m0/s1. The molecule has 3 heteroatoms. The van der Waals surface area contributed by atoms with Gasteiger partial charge in [0.05, 0.1) is 6.04 Å². The predicted molar refractivity (Wildman–Crippen MR) is 55.4 cm³/mol. The quantitative estimate of drug-likeness (QED) is 0.702. The van der Waals surface area contributed by atoms with E-state index in [0.29, 0.717) is 0 Å². The molecule has 0 saturated heterocycles. The summed E-state index contributed by atoms with van der Waals surface area (Å²) in [5.74, 6) is 0.336. The summed E-state index contributed by atoms with van der Waals surface area (Å²) in [6.07, 6.45) is 1.93. The minimum absolute atomic E-state index is 0.0659. The second kappa shape index (κ2) is 5.97. The lowest BCUT2D eigenvalue weighted by atomic mass is 9.99. The molecule has 0 spiro atoms. The Morgan fingerprint density at radius 2 is 2.00 bits per heavy atom. The zero-order valence-corrected chi connectivity index (χ0v) is 9.21. The highest BCUT2D eigenvalue weighted by Gasteiger charge is 2.21. The molecule has 3 nitrogen and oxygen atoms in total. The molecular formula is C10H22N2O. The van der Waals surface area contributed by atoms with Crippen LogP contribution in [-0.2, 0) is 4.79 Å². The average Bonchev–Trinajstić information content (AvgIpc) is 2.14. The Morgan fingerprint density at radius 1 is 1.46 bits per heavy atom. The Bertz CT molecular complexity index is 159. The number of nitrogens with zero attached hydrogens (tertiary/aromatic N) is 1. The molecular weight excluding hydrogens is 164 g/mol. The molecule has 0 aromatic heterocycles. The van der Waals surface area contributed by atoms with E-state index in [2.05, 4.69) is 13.8 Å². The van der Waals surface area contributed by atoms with Gasteiger partial charge in [-0.05, 0) is 12.3 Å². The largest absolute Gasteiger partial charge is 0.344 e. The van der Waals surface area contributed by atoms with Crippen molar-refractivity contribution in [2.45, 2.75) is 39.7 Å². The lowest BCUT2D eigenvalue weighted by Gasteiger charge is -2.24. The molecule has 0 fully saturated rings. The summed E-state index contributed by atoms with van der Waals surface area (Å²) in [5.41, 5.74) is 5.81. The van der Waals surface area contributed by atoms with Crippen molar-refractivity contribution in [2.24, 2.45) is 11.7 Å². The summed E-state index contributed by atoms with van der Waals surface area (Å²) in [7, 11) is 1.81. The highest BCUT2D eigenvalue weighted by Crippen LogP contribution is 2.07. The fraction of sp³-hybridized carbons (Fsp3) is 0.900. The fourth-order valence-corrected chi connectivity index (χ4v) is 1.20. The molecule has 0 saturated carbocycles. The molecule has 2 N–H and O–H groups in total. The summed E-state index contributed by atoms with van der Waals surface area (Å²) in [6.45, 7) is 6.92. The zero-order valence-electron chi connectivity index (χ0n) is 9.21. The number of nitrogens with two attached hydrogens (primary N) is 1. The van der Waals surface area contributed by atoms with E-state index in [9.17, 15) is 4.79 Å². The molecule has 0 bridgehead atoms. The van der Waals surface area contributed by atoms with Crippen LogP contribution in [-0.4, -0.2) is 30.4 Å². The lowest BCUT2D eigenvalue weighted by Crippen LogP contribution is -2.45. The predicted octanol–water partition coefficient (Wildman–Crippen LogP) is 1.23. The first-order valence-corrected chi connectivity index (χ1v) is 5.05. The average molecular weight is 186 g/mol. The molecule has 0 unspecified atom stereocenters. The van der Waals surface area contributed by atoms with Crippen LogP contribution in [0.5, 0.6) is 0 Å². The molecule has 0 aliphatic heterocycles. The molecule has 2 atom stereocenters. The SMILES string of the molecule is CCCN(C)C(=O)[C@@H](N)[C@@H](C)CC. The summed E-state index contributed by atoms with van der Waals surface area (Å²) < 4.78 is 0. The molecule has 0 radical (unpaired) electrons. The first-order chi connectivity index (χ1) is 6.04. The van der Waals surface area contributed by atoms with E-state index in [1.54, 1.807) is 4.90 Å². The Hall–Kier alpha value is -0.570. The van der Waals surface area contributed by atoms with Crippen LogP contribution in [0, 0.1) is 5.92 Å². The summed E-state index contributed by atoms with van der Waals surface area (Å²) >= 11 is 0. The molecule has 0 rings (SSSR count). The van der Waals surface area contributed by atoms with Crippen molar-refractivity contribution < 1.29 is 4.79 Å². The molecule has 78 valence electrons. The van der Waals surface area contributed by atoms with Crippen LogP contribution in [0.1, 0.15) is 33.6 Å². The van der Waals surface area contributed by atoms with E-state index in [4.69, 9.17) is 5.73 Å². The minimum Gasteiger partial charge on any atom is -0.344 e. The van der Waals surface area contributed by atoms with Gasteiger partial charge in [-0.15, -0.1) is 0 Å². The third kappa shape index (κ3) is 3.77. The molecule has 1 amide bonds. The van der Waals surface area contributed by atoms with Crippen LogP contribution in [0.15, 0.2) is 0 Å². The van der Waals surface area contributed by atoms with E-state index >= 15 is 0 Å². The van der Waals surface area contributed by atoms with E-state index in [1.165, 1.54) is 0 Å². The summed E-state index contributed by atoms with van der Waals surface area (Å²) in [4.78, 5) is 13.4. The van der Waals surface area contributed by atoms with Gasteiger partial charge in [0.15, 0.2) is 0 Å². The van der Waals surface area contributed by atoms with E-state index in [1.807, 2.05) is 14.0 Å². The van der Waals surface area contributed by atoms with Crippen molar-refractivity contribution in [3.05, 3.63) is 0 Å². The number of likely N-dealkylation sites (N-methyl/N-ethyl adjacent to an activating group) is 1. The van der Waals surface area contributed by atoms with Crippen LogP contribution >= 0.6 is 0 Å². The van der Waals surface area contributed by atoms with Crippen LogP contribution in [0.2, 0.25) is 0 Å². The zero-order chi connectivity index (χ0) is 10.4. The van der Waals surface area contributed by atoms with Gasteiger partial charge in [0.2, 0.25) is 5.91 Å². The third-order valence-corrected chi connectivity index (χ3v) is 2.48. The van der Waals surface area contributed by atoms with Crippen molar-refractivity contribution in [3.8, 4) is 0 Å². The lowest BCUT2D eigenvalue weighted by molar-refractivity contribution is -0.132. The van der Waals surface area contributed by atoms with Crippen molar-refractivity contribution in [2.75, 3.05) is 13.6 Å². The maximum Gasteiger partial charge on any atom is 0.239 e. The number of hydrogen-bond acceptors (Lipinski definition) is 2. The molecule has 13 heavy (non-hydrogen) atoms. The van der Waals surface area contributed by atoms with Crippen molar-refractivity contribution in [3.63, 3.8) is 0 Å². The van der Waals surface area contributed by atoms with Gasteiger partial charge in [0.25, 0.3) is 0 Å². The molecule has 0 aliphatic carbocycles. The Balaban J connectivity index is 4.08. The monoisotopic (exact) mass is 186 g/mol. The number of carbonyl (C=O) groups is 1. The second-order valence-electron chi connectivity index (χ2n) is 3.67. The second-order valence-corrected chi connectivity index (χ2v) is 3.67. The maximum absolute atomic E-state index is 11.6. The summed E-state index contributed by atoms with van der Waals surface area (Å²) in [6, 6.07) is -0.332. The topological polar surface area (TPSA) is 46.3 Å². The van der Waals surface area contributed by atoms with Crippen LogP contribution in [0.4, 0.5) is 0 Å². The number of amides is 1. The van der Waals surface area contributed by atoms with Gasteiger partial charge in [0.1, 0.15) is 0 Å². The van der Waals surface area contributed by atoms with Gasteiger partial charge in [-0.25, -0.2) is 0 Å². The van der Waals surface area contributed by atoms with Crippen LogP contribution < -0.4 is 5.73 Å². The number of rotatable bonds is 5. The maximum atomic E-state index is 11.6. The Labute approximate surface area is 81.3 Å². The Morgan fingerprint density at radius 3 is 2.38 bits per heavy atom. The summed E-state index contributed by atoms with van der Waals surface area (Å²) in [5, 5.41) is 0. The van der Waals surface area contributed by atoms with Gasteiger partial charge < -0.3 is 10.6 Å². The molecule has 0 heterocycles. The first kappa shape index (κ1) is 12.4. The molecule has 0 aromatic carbocycles. The number of hydrogen-bond donors (Lipinski definition) is 1. The highest BCUT2D eigenvalue weighted by atomic mass is 16.2. The van der Waals surface area contributed by atoms with Crippen LogP contribution in [0.25, 0.3) is 0 Å². The number of carbonyl (C=O) groups excluding carboxylic acids is 1. The van der Waals surface area contributed by atoms with Gasteiger partial charge in [-0.1, -0.05) is 27.2 Å². The van der Waals surface area contributed by atoms with Crippen LogP contribution in [0.3, 0.4) is 0 Å². The van der Waals surface area contributed by atoms with E-state index in [-0.39, 0.29) is 17.9 Å². The van der Waals surface area contributed by atoms with Gasteiger partial charge in [-0.3, -0.25) is 4.79 Å². The highest BCUT2D eigenvalue weighted by molar-refractivity contribution is 5.81. The van der Waals surface area contributed by atoms with Crippen molar-refractivity contribution in [1.29, 1.82) is 0 Å². The van der Waals surface area contributed by atoms with Gasteiger partial charge in [0, 0.05) is 13.6 Å². The Kier molecular flexibility index (Phi) is 5.71. The smallest absolute Gasteiger partial charge is 0.239 e. The normalized spacial score (nSPS) is 15.2.